The number of hydrazone groups is 1. The second-order valence-corrected chi connectivity index (χ2v) is 6.52. The highest BCUT2D eigenvalue weighted by Crippen LogP contribution is 2.26. The first-order valence-corrected chi connectivity index (χ1v) is 9.50. The highest BCUT2D eigenvalue weighted by molar-refractivity contribution is 6.17. The van der Waals surface area contributed by atoms with E-state index < -0.39 is 0 Å². The van der Waals surface area contributed by atoms with Gasteiger partial charge in [0, 0.05) is 29.1 Å². The predicted octanol–water partition coefficient (Wildman–Crippen LogP) is 4.69. The first-order valence-electron chi connectivity index (χ1n) is 9.50. The Morgan fingerprint density at radius 3 is 2.57 bits per heavy atom. The summed E-state index contributed by atoms with van der Waals surface area (Å²) in [4.78, 5) is 8.96. The van der Waals surface area contributed by atoms with E-state index >= 15 is 0 Å². The molecule has 5 heteroatoms. The van der Waals surface area contributed by atoms with E-state index in [1.807, 2.05) is 60.7 Å². The van der Waals surface area contributed by atoms with E-state index in [2.05, 4.69) is 22.4 Å². The summed E-state index contributed by atoms with van der Waals surface area (Å²) in [5.74, 6) is 1.55. The van der Waals surface area contributed by atoms with Gasteiger partial charge in [0.1, 0.15) is 5.75 Å². The fourth-order valence-electron chi connectivity index (χ4n) is 2.98. The van der Waals surface area contributed by atoms with Gasteiger partial charge >= 0.3 is 0 Å². The van der Waals surface area contributed by atoms with E-state index in [-0.39, 0.29) is 0 Å². The normalized spacial score (nSPS) is 12.9. The number of ether oxygens (including phenoxy) is 1. The van der Waals surface area contributed by atoms with Gasteiger partial charge in [0.15, 0.2) is 5.84 Å². The van der Waals surface area contributed by atoms with E-state index in [1.54, 1.807) is 12.4 Å². The molecule has 0 spiro atoms. The molecule has 0 aliphatic carbocycles. The fraction of sp³-hybridized carbons (Fsp3) is 0.174. The lowest BCUT2D eigenvalue weighted by Crippen LogP contribution is -2.19. The molecule has 0 bridgehead atoms. The lowest BCUT2D eigenvalue weighted by Gasteiger charge is -2.09. The summed E-state index contributed by atoms with van der Waals surface area (Å²) in [5, 5.41) is 4.66. The maximum Gasteiger partial charge on any atom is 0.155 e. The minimum atomic E-state index is 0.676. The summed E-state index contributed by atoms with van der Waals surface area (Å²) in [6.45, 7) is 2.90. The molecular formula is C23H22N4O. The van der Waals surface area contributed by atoms with Crippen molar-refractivity contribution in [2.45, 2.75) is 19.8 Å². The summed E-state index contributed by atoms with van der Waals surface area (Å²) in [6, 6.07) is 19.9. The Hall–Kier alpha value is -3.47. The number of hydrogen-bond donors (Lipinski definition) is 1. The topological polar surface area (TPSA) is 58.9 Å². The summed E-state index contributed by atoms with van der Waals surface area (Å²) < 4.78 is 5.77. The van der Waals surface area contributed by atoms with Crippen molar-refractivity contribution in [3.8, 4) is 5.75 Å². The van der Waals surface area contributed by atoms with Crippen LogP contribution in [-0.2, 0) is 0 Å². The predicted molar refractivity (Wildman–Crippen MR) is 112 cm³/mol. The van der Waals surface area contributed by atoms with Crippen molar-refractivity contribution in [3.63, 3.8) is 0 Å². The lowest BCUT2D eigenvalue weighted by atomic mass is 10.0. The monoisotopic (exact) mass is 370 g/mol. The maximum atomic E-state index is 5.77. The van der Waals surface area contributed by atoms with Gasteiger partial charge in [-0.05, 0) is 48.9 Å². The number of nitrogens with one attached hydrogen (secondary N) is 1. The van der Waals surface area contributed by atoms with Crippen LogP contribution >= 0.6 is 0 Å². The van der Waals surface area contributed by atoms with Gasteiger partial charge in [-0.1, -0.05) is 31.5 Å². The zero-order chi connectivity index (χ0) is 19.2. The van der Waals surface area contributed by atoms with Crippen molar-refractivity contribution < 1.29 is 4.74 Å². The molecule has 2 heterocycles. The molecule has 28 heavy (non-hydrogen) atoms. The number of benzene rings is 2. The average molecular weight is 370 g/mol. The molecule has 0 radical (unpaired) electrons. The smallest absolute Gasteiger partial charge is 0.155 e. The third kappa shape index (κ3) is 3.93. The molecule has 0 fully saturated rings. The molecule has 0 atom stereocenters. The molecule has 0 saturated heterocycles. The van der Waals surface area contributed by atoms with Crippen LogP contribution in [0, 0.1) is 0 Å². The molecule has 5 nitrogen and oxygen atoms in total. The molecule has 3 aromatic rings. The van der Waals surface area contributed by atoms with Crippen molar-refractivity contribution in [1.29, 1.82) is 0 Å². The summed E-state index contributed by atoms with van der Waals surface area (Å²) in [6.07, 6.45) is 5.70. The van der Waals surface area contributed by atoms with Crippen LogP contribution in [-0.4, -0.2) is 23.1 Å². The minimum absolute atomic E-state index is 0.676. The van der Waals surface area contributed by atoms with Gasteiger partial charge < -0.3 is 4.74 Å². The number of para-hydroxylation sites is 1. The Morgan fingerprint density at radius 2 is 1.79 bits per heavy atom. The van der Waals surface area contributed by atoms with E-state index in [4.69, 9.17) is 9.73 Å². The molecular weight excluding hydrogens is 348 g/mol. The molecule has 1 N–H and O–H groups in total. The van der Waals surface area contributed by atoms with Crippen molar-refractivity contribution >= 4 is 17.2 Å². The van der Waals surface area contributed by atoms with E-state index in [9.17, 15) is 0 Å². The number of aromatic nitrogens is 1. The van der Waals surface area contributed by atoms with Gasteiger partial charge in [0.25, 0.3) is 0 Å². The first-order chi connectivity index (χ1) is 13.8. The zero-order valence-electron chi connectivity index (χ0n) is 15.8. The van der Waals surface area contributed by atoms with Gasteiger partial charge in [-0.15, -0.1) is 0 Å². The van der Waals surface area contributed by atoms with Crippen LogP contribution in [0.2, 0.25) is 0 Å². The van der Waals surface area contributed by atoms with E-state index in [0.29, 0.717) is 5.84 Å². The van der Waals surface area contributed by atoms with Crippen LogP contribution in [0.3, 0.4) is 0 Å². The van der Waals surface area contributed by atoms with Crippen molar-refractivity contribution in [3.05, 3.63) is 89.7 Å². The molecule has 4 rings (SSSR count). The Balaban J connectivity index is 1.66. The summed E-state index contributed by atoms with van der Waals surface area (Å²) in [5.41, 5.74) is 7.71. The number of amidine groups is 1. The molecule has 1 aromatic heterocycles. The van der Waals surface area contributed by atoms with E-state index in [1.165, 1.54) is 0 Å². The van der Waals surface area contributed by atoms with Crippen LogP contribution in [0.5, 0.6) is 5.75 Å². The third-order valence-electron chi connectivity index (χ3n) is 4.49. The van der Waals surface area contributed by atoms with Crippen molar-refractivity contribution in [2.24, 2.45) is 10.1 Å². The standard InChI is InChI=1S/C23H22N4O/c1-2-3-15-28-19-12-10-17(11-13-19)22-20-8-4-5-9-21(20)25-23(27-26-22)18-7-6-14-24-16-18/h4-14,16H,2-3,15H2,1H3,(H,25,27). The van der Waals surface area contributed by atoms with Gasteiger partial charge in [-0.25, -0.2) is 4.99 Å². The quantitative estimate of drug-likeness (QED) is 0.640. The number of fused-ring (bicyclic) bond motifs is 1. The van der Waals surface area contributed by atoms with Crippen LogP contribution in [0.1, 0.15) is 36.5 Å². The zero-order valence-corrected chi connectivity index (χ0v) is 15.8. The Labute approximate surface area is 164 Å². The summed E-state index contributed by atoms with van der Waals surface area (Å²) in [7, 11) is 0. The molecule has 140 valence electrons. The van der Waals surface area contributed by atoms with Gasteiger partial charge in [0.2, 0.25) is 0 Å². The molecule has 1 aliphatic heterocycles. The van der Waals surface area contributed by atoms with E-state index in [0.717, 1.165) is 53.3 Å². The highest BCUT2D eigenvalue weighted by Gasteiger charge is 2.16. The molecule has 0 amide bonds. The Morgan fingerprint density at radius 1 is 0.929 bits per heavy atom. The summed E-state index contributed by atoms with van der Waals surface area (Å²) >= 11 is 0. The molecule has 0 unspecified atom stereocenters. The Kier molecular flexibility index (Phi) is 5.43. The second-order valence-electron chi connectivity index (χ2n) is 6.52. The van der Waals surface area contributed by atoms with Crippen molar-refractivity contribution in [2.75, 3.05) is 6.61 Å². The molecule has 0 saturated carbocycles. The van der Waals surface area contributed by atoms with Crippen LogP contribution < -0.4 is 10.2 Å². The molecule has 1 aliphatic rings. The molecule has 2 aromatic carbocycles. The van der Waals surface area contributed by atoms with Crippen LogP contribution in [0.4, 0.5) is 5.69 Å². The van der Waals surface area contributed by atoms with Gasteiger partial charge in [0.05, 0.1) is 18.0 Å². The number of rotatable bonds is 6. The third-order valence-corrected chi connectivity index (χ3v) is 4.49. The average Bonchev–Trinajstić information content (AvgIpc) is 2.95. The SMILES string of the molecule is CCCCOc1ccc(C2=NNC(c3cccnc3)=Nc3ccccc32)cc1. The second kappa shape index (κ2) is 8.48. The minimum Gasteiger partial charge on any atom is -0.494 e. The number of nitrogens with zero attached hydrogens (tertiary/aromatic N) is 3. The van der Waals surface area contributed by atoms with Gasteiger partial charge in [-0.2, -0.15) is 5.10 Å². The largest absolute Gasteiger partial charge is 0.494 e. The van der Waals surface area contributed by atoms with Gasteiger partial charge in [-0.3, -0.25) is 10.4 Å². The Bertz CT molecular complexity index is 995. The number of aliphatic imine (C=N–C) groups is 1. The first kappa shape index (κ1) is 17.9. The number of unbranched alkanes of at least 4 members (excludes halogenated alkanes) is 1. The number of pyridine rings is 1. The fourth-order valence-corrected chi connectivity index (χ4v) is 2.98. The van der Waals surface area contributed by atoms with Crippen LogP contribution in [0.15, 0.2) is 83.2 Å². The van der Waals surface area contributed by atoms with Crippen LogP contribution in [0.25, 0.3) is 0 Å². The maximum absolute atomic E-state index is 5.77. The lowest BCUT2D eigenvalue weighted by molar-refractivity contribution is 0.309. The number of hydrogen-bond acceptors (Lipinski definition) is 5. The highest BCUT2D eigenvalue weighted by atomic mass is 16.5. The van der Waals surface area contributed by atoms with Crippen molar-refractivity contribution in [1.82, 2.24) is 10.4 Å².